The van der Waals surface area contributed by atoms with Crippen LogP contribution in [-0.4, -0.2) is 83.4 Å². The van der Waals surface area contributed by atoms with Crippen molar-refractivity contribution in [3.8, 4) is 5.82 Å². The number of nitrogens with zero attached hydrogens (tertiary/aromatic N) is 6. The van der Waals surface area contributed by atoms with E-state index in [1.54, 1.807) is 35.2 Å². The third kappa shape index (κ3) is 5.25. The van der Waals surface area contributed by atoms with Crippen LogP contribution in [0.15, 0.2) is 42.6 Å². The Bertz CT molecular complexity index is 1290. The zero-order chi connectivity index (χ0) is 25.9. The quantitative estimate of drug-likeness (QED) is 0.491. The van der Waals surface area contributed by atoms with Gasteiger partial charge in [-0.05, 0) is 18.6 Å². The highest BCUT2D eigenvalue weighted by molar-refractivity contribution is 5.78. The summed E-state index contributed by atoms with van der Waals surface area (Å²) in [7, 11) is 1.49. The Hall–Kier alpha value is -3.64. The molecule has 10 nitrogen and oxygen atoms in total. The van der Waals surface area contributed by atoms with E-state index < -0.39 is 6.43 Å². The van der Waals surface area contributed by atoms with Gasteiger partial charge in [-0.2, -0.15) is 9.97 Å². The fourth-order valence-corrected chi connectivity index (χ4v) is 4.69. The normalized spacial score (nSPS) is 18.1. The maximum atomic E-state index is 14.1. The van der Waals surface area contributed by atoms with Crippen molar-refractivity contribution < 1.29 is 23.0 Å². The van der Waals surface area contributed by atoms with E-state index in [1.807, 2.05) is 4.90 Å². The minimum Gasteiger partial charge on any atom is -0.378 e. The molecule has 4 heterocycles. The number of alkyl halides is 2. The van der Waals surface area contributed by atoms with Crippen molar-refractivity contribution in [2.45, 2.75) is 12.8 Å². The van der Waals surface area contributed by atoms with Crippen molar-refractivity contribution in [2.75, 3.05) is 63.3 Å². The van der Waals surface area contributed by atoms with Gasteiger partial charge in [-0.25, -0.2) is 13.8 Å². The van der Waals surface area contributed by atoms with E-state index in [2.05, 4.69) is 26.8 Å². The summed E-state index contributed by atoms with van der Waals surface area (Å²) >= 11 is 0. The smallest absolute Gasteiger partial charge is 0.296 e. The average Bonchev–Trinajstić information content (AvgIpc) is 3.55. The highest BCUT2D eigenvalue weighted by atomic mass is 19.3. The molecular formula is C25H29F2N7O3. The molecule has 2 fully saturated rings. The number of rotatable bonds is 8. The van der Waals surface area contributed by atoms with Gasteiger partial charge in [-0.15, -0.1) is 0 Å². The summed E-state index contributed by atoms with van der Waals surface area (Å²) in [6.45, 7) is 7.55. The maximum Gasteiger partial charge on any atom is 0.296 e. The monoisotopic (exact) mass is 513 g/mol. The van der Waals surface area contributed by atoms with E-state index >= 15 is 0 Å². The van der Waals surface area contributed by atoms with Crippen molar-refractivity contribution in [3.05, 3.63) is 48.4 Å². The fraction of sp³-hybridized carbons (Fsp3) is 0.440. The molecule has 0 unspecified atom stereocenters. The predicted molar refractivity (Wildman–Crippen MR) is 134 cm³/mol. The number of nitrogens with one attached hydrogen (secondary N) is 1. The van der Waals surface area contributed by atoms with Gasteiger partial charge in [0.15, 0.2) is 5.82 Å². The summed E-state index contributed by atoms with van der Waals surface area (Å²) < 4.78 is 39.9. The van der Waals surface area contributed by atoms with Crippen LogP contribution in [0.5, 0.6) is 0 Å². The Morgan fingerprint density at radius 1 is 1.22 bits per heavy atom. The molecule has 0 aliphatic carbocycles. The number of morpholine rings is 1. The Kier molecular flexibility index (Phi) is 7.28. The summed E-state index contributed by atoms with van der Waals surface area (Å²) in [6.07, 6.45) is -2.05. The molecule has 0 radical (unpaired) electrons. The zero-order valence-electron chi connectivity index (χ0n) is 20.6. The third-order valence-corrected chi connectivity index (χ3v) is 6.60. The van der Waals surface area contributed by atoms with Crippen molar-refractivity contribution in [2.24, 2.45) is 5.92 Å². The largest absolute Gasteiger partial charge is 0.378 e. The minimum absolute atomic E-state index is 0.0109. The lowest BCUT2D eigenvalue weighted by Crippen LogP contribution is -2.37. The number of carbonyl (C=O) groups excluding carboxylic acids is 1. The lowest BCUT2D eigenvalue weighted by atomic mass is 10.1. The highest BCUT2D eigenvalue weighted by Crippen LogP contribution is 2.30. The van der Waals surface area contributed by atoms with Crippen molar-refractivity contribution in [1.29, 1.82) is 0 Å². The summed E-state index contributed by atoms with van der Waals surface area (Å²) in [4.78, 5) is 29.4. The van der Waals surface area contributed by atoms with E-state index in [9.17, 15) is 13.6 Å². The molecule has 3 aromatic rings. The van der Waals surface area contributed by atoms with Crippen LogP contribution in [0.4, 0.5) is 20.5 Å². The van der Waals surface area contributed by atoms with E-state index in [0.29, 0.717) is 67.9 Å². The number of benzene rings is 1. The number of anilines is 2. The number of ether oxygens (including phenoxy) is 2. The molecule has 0 spiro atoms. The number of aromatic nitrogens is 4. The molecule has 2 aliphatic rings. The number of fused-ring (bicyclic) bond motifs is 1. The summed E-state index contributed by atoms with van der Waals surface area (Å²) in [5.41, 5.74) is 1.67. The molecule has 2 aliphatic heterocycles. The Morgan fingerprint density at radius 3 is 2.76 bits per heavy atom. The molecule has 37 heavy (non-hydrogen) atoms. The molecule has 5 rings (SSSR count). The number of carbonyl (C=O) groups is 1. The predicted octanol–water partition coefficient (Wildman–Crippen LogP) is 3.01. The van der Waals surface area contributed by atoms with Crippen LogP contribution in [0.1, 0.15) is 18.7 Å². The topological polar surface area (TPSA) is 97.6 Å². The third-order valence-electron chi connectivity index (χ3n) is 6.60. The van der Waals surface area contributed by atoms with Crippen LogP contribution >= 0.6 is 0 Å². The van der Waals surface area contributed by atoms with Gasteiger partial charge in [0.2, 0.25) is 11.9 Å². The average molecular weight is 514 g/mol. The van der Waals surface area contributed by atoms with Gasteiger partial charge >= 0.3 is 0 Å². The fourth-order valence-electron chi connectivity index (χ4n) is 4.69. The lowest BCUT2D eigenvalue weighted by molar-refractivity contribution is -0.134. The number of hydrogen-bond donors (Lipinski definition) is 1. The molecule has 2 aromatic heterocycles. The van der Waals surface area contributed by atoms with E-state index in [-0.39, 0.29) is 30.1 Å². The summed E-state index contributed by atoms with van der Waals surface area (Å²) in [5, 5.41) is 3.26. The summed E-state index contributed by atoms with van der Waals surface area (Å²) in [6, 6.07) is 8.59. The van der Waals surface area contributed by atoms with Crippen molar-refractivity contribution in [3.63, 3.8) is 0 Å². The Labute approximate surface area is 212 Å². The van der Waals surface area contributed by atoms with Crippen LogP contribution in [-0.2, 0) is 14.3 Å². The van der Waals surface area contributed by atoms with Gasteiger partial charge < -0.3 is 24.6 Å². The Morgan fingerprint density at radius 2 is 2.00 bits per heavy atom. The standard InChI is InChI=1S/C25H29F2N7O3/c1-16(17-7-8-33(14-17)22(35)15-36-2)28-20-13-21(31-25(30-20)32-9-11-37-12-10-32)34-19-6-4-3-5-18(19)29-24(34)23(26)27/h3-6,13,17,23H,1,7-12,14-15H2,2H3,(H,28,30,31)/t17-/m0/s1. The second-order valence-corrected chi connectivity index (χ2v) is 9.01. The summed E-state index contributed by atoms with van der Waals surface area (Å²) in [5.74, 6) is 0.661. The van der Waals surface area contributed by atoms with E-state index in [4.69, 9.17) is 9.47 Å². The van der Waals surface area contributed by atoms with E-state index in [1.165, 1.54) is 11.7 Å². The molecule has 1 aromatic carbocycles. The van der Waals surface area contributed by atoms with Crippen LogP contribution < -0.4 is 10.2 Å². The molecule has 0 saturated carbocycles. The first kappa shape index (κ1) is 25.0. The van der Waals surface area contributed by atoms with E-state index in [0.717, 1.165) is 6.42 Å². The van der Waals surface area contributed by atoms with Gasteiger partial charge in [-0.1, -0.05) is 18.7 Å². The molecule has 0 bridgehead atoms. The highest BCUT2D eigenvalue weighted by Gasteiger charge is 2.29. The zero-order valence-corrected chi connectivity index (χ0v) is 20.6. The lowest BCUT2D eigenvalue weighted by Gasteiger charge is -2.27. The molecule has 1 N–H and O–H groups in total. The number of imidazole rings is 1. The second-order valence-electron chi connectivity index (χ2n) is 9.01. The molecule has 12 heteroatoms. The number of amides is 1. The number of methoxy groups -OCH3 is 1. The number of hydrogen-bond acceptors (Lipinski definition) is 8. The molecule has 1 amide bonds. The SMILES string of the molecule is C=C(Nc1cc(-n2c(C(F)F)nc3ccccc32)nc(N2CCOCC2)n1)[C@H]1CCN(C(=O)COC)C1. The number of likely N-dealkylation sites (tertiary alicyclic amines) is 1. The first-order valence-corrected chi connectivity index (χ1v) is 12.1. The number of halogens is 2. The molecule has 1 atom stereocenters. The van der Waals surface area contributed by atoms with Crippen molar-refractivity contribution >= 4 is 28.7 Å². The molecule has 196 valence electrons. The second kappa shape index (κ2) is 10.8. The first-order chi connectivity index (χ1) is 17.9. The molecule has 2 saturated heterocycles. The van der Waals surface area contributed by atoms with Crippen molar-refractivity contribution in [1.82, 2.24) is 24.4 Å². The number of para-hydroxylation sites is 2. The molecular weight excluding hydrogens is 484 g/mol. The maximum absolute atomic E-state index is 14.1. The van der Waals surface area contributed by atoms with Crippen LogP contribution in [0.25, 0.3) is 16.9 Å². The minimum atomic E-state index is -2.80. The van der Waals surface area contributed by atoms with Gasteiger partial charge in [0.05, 0.1) is 24.2 Å². The Balaban J connectivity index is 1.49. The van der Waals surface area contributed by atoms with Gasteiger partial charge in [0.1, 0.15) is 18.2 Å². The van der Waals surface area contributed by atoms with Crippen LogP contribution in [0.3, 0.4) is 0 Å². The van der Waals surface area contributed by atoms with Gasteiger partial charge in [0.25, 0.3) is 6.43 Å². The van der Waals surface area contributed by atoms with Gasteiger partial charge in [-0.3, -0.25) is 9.36 Å². The van der Waals surface area contributed by atoms with Crippen LogP contribution in [0, 0.1) is 5.92 Å². The van der Waals surface area contributed by atoms with Gasteiger partial charge in [0, 0.05) is 51.0 Å². The first-order valence-electron chi connectivity index (χ1n) is 12.1. The van der Waals surface area contributed by atoms with Crippen LogP contribution in [0.2, 0.25) is 0 Å².